The molecule has 0 aliphatic heterocycles. The van der Waals surface area contributed by atoms with Gasteiger partial charge in [0.1, 0.15) is 31.7 Å². The smallest absolute Gasteiger partial charge is 0.296 e. The molecular weight excluding hydrogens is 914 g/mol. The van der Waals surface area contributed by atoms with E-state index in [1.54, 1.807) is 0 Å². The number of nitrogens with zero attached hydrogens (tertiary/aromatic N) is 7. The maximum absolute atomic E-state index is 12.5. The van der Waals surface area contributed by atoms with Gasteiger partial charge in [-0.2, -0.15) is 45.3 Å². The first-order valence-corrected chi connectivity index (χ1v) is 20.6. The van der Waals surface area contributed by atoms with Gasteiger partial charge in [-0.3, -0.25) is 13.7 Å². The topological polar surface area (TPSA) is 387 Å². The Morgan fingerprint density at radius 3 is 1.93 bits per heavy atom. The Morgan fingerprint density at radius 1 is 0.702 bits per heavy atom. The maximum atomic E-state index is 12.5. The van der Waals surface area contributed by atoms with Gasteiger partial charge in [0, 0.05) is 4.90 Å². The fraction of sp³-hybridized carbons (Fsp3) is 0. The van der Waals surface area contributed by atoms with Crippen molar-refractivity contribution in [1.29, 1.82) is 0 Å². The van der Waals surface area contributed by atoms with Crippen molar-refractivity contribution in [1.82, 2.24) is 15.0 Å². The minimum Gasteiger partial charge on any atom is -0.505 e. The molecule has 0 fully saturated rings. The summed E-state index contributed by atoms with van der Waals surface area (Å²) in [5, 5.41) is 51.9. The number of aromatic nitrogens is 3. The van der Waals surface area contributed by atoms with Gasteiger partial charge in [0.15, 0.2) is 5.75 Å². The molecule has 57 heavy (non-hydrogen) atoms. The number of aromatic hydroxyl groups is 1. The molecule has 4 aromatic carbocycles. The van der Waals surface area contributed by atoms with E-state index in [1.807, 2.05) is 0 Å². The zero-order valence-corrected chi connectivity index (χ0v) is 32.5. The van der Waals surface area contributed by atoms with Crippen molar-refractivity contribution in [2.24, 2.45) is 20.5 Å². The molecule has 5 aromatic rings. The van der Waals surface area contributed by atoms with Crippen LogP contribution < -0.4 is 11.1 Å². The van der Waals surface area contributed by atoms with Crippen LogP contribution in [0.1, 0.15) is 0 Å². The number of benzene rings is 4. The van der Waals surface area contributed by atoms with Crippen LogP contribution in [0, 0.1) is 0 Å². The van der Waals surface area contributed by atoms with Crippen LogP contribution in [0.4, 0.5) is 40.1 Å². The minimum atomic E-state index is -5.26. The van der Waals surface area contributed by atoms with Crippen LogP contribution in [0.25, 0.3) is 10.8 Å². The molecule has 0 saturated heterocycles. The van der Waals surface area contributed by atoms with Gasteiger partial charge in [-0.1, -0.05) is 10.1 Å². The Labute approximate surface area is 335 Å². The zero-order chi connectivity index (χ0) is 41.9. The number of hydrogen-bond acceptors (Lipinski definition) is 24. The van der Waals surface area contributed by atoms with Crippen LogP contribution in [0.3, 0.4) is 0 Å². The number of nitrogen functional groups attached to an aromatic ring is 1. The Bertz CT molecular complexity index is 2780. The number of hydrogen-bond donors (Lipinski definition) is 8. The van der Waals surface area contributed by atoms with Crippen molar-refractivity contribution >= 4 is 128 Å². The fourth-order valence-corrected chi connectivity index (χ4v) is 7.72. The van der Waals surface area contributed by atoms with Crippen molar-refractivity contribution in [2.75, 3.05) is 11.1 Å². The monoisotopic (exact) mass is 929 g/mol. The predicted molar refractivity (Wildman–Crippen MR) is 195 cm³/mol. The number of phenols is 1. The zero-order valence-electron chi connectivity index (χ0n) is 26.9. The van der Waals surface area contributed by atoms with E-state index in [9.17, 15) is 44.0 Å². The minimum absolute atomic E-state index is 0.0566. The van der Waals surface area contributed by atoms with E-state index in [0.29, 0.717) is 12.0 Å². The molecular formula is C25H17Cl2N9O16S5. The van der Waals surface area contributed by atoms with E-state index >= 15 is 0 Å². The summed E-state index contributed by atoms with van der Waals surface area (Å²) in [4.78, 5) is 8.11. The number of anilines is 3. The molecule has 0 spiro atoms. The third-order valence-corrected chi connectivity index (χ3v) is 10.9. The van der Waals surface area contributed by atoms with Crippen LogP contribution in [-0.4, -0.2) is 69.5 Å². The number of nitrogens with one attached hydrogen (secondary N) is 1. The lowest BCUT2D eigenvalue weighted by atomic mass is 10.1. The van der Waals surface area contributed by atoms with E-state index in [4.69, 9.17) is 39.5 Å². The van der Waals surface area contributed by atoms with Crippen molar-refractivity contribution < 1.29 is 73.3 Å². The normalized spacial score (nSPS) is 12.6. The number of nitrogens with two attached hydrogens (primary N) is 1. The summed E-state index contributed by atoms with van der Waals surface area (Å²) >= 11 is 12.1. The van der Waals surface area contributed by atoms with Gasteiger partial charge in [0.25, 0.3) is 30.4 Å². The van der Waals surface area contributed by atoms with Gasteiger partial charge < -0.3 is 16.2 Å². The average molecular weight is 931 g/mol. The second-order valence-electron chi connectivity index (χ2n) is 10.2. The molecule has 0 radical (unpaired) electrons. The molecule has 0 aliphatic rings. The summed E-state index contributed by atoms with van der Waals surface area (Å²) in [7, 11) is -15.3. The fourth-order valence-electron chi connectivity index (χ4n) is 4.53. The lowest BCUT2D eigenvalue weighted by Crippen LogP contribution is -2.06. The van der Waals surface area contributed by atoms with Gasteiger partial charge in [0.2, 0.25) is 16.5 Å². The predicted octanol–water partition coefficient (Wildman–Crippen LogP) is 6.79. The quantitative estimate of drug-likeness (QED) is 0.0134. The standard InChI is InChI=1S/C25H17Cl2N9O16S5/c26-23-30-24(27)32-25(31-23)29-12-3-1-10(7-16(12)56(43,44)45)33-36-21-17(57(46,47)48)6-9-5-14(54-52-50-39)20(19(28)18(9)22(21)37)35-34-13-8-11(53-51-49-38)2-4-15(13)55(40,41)42/h1-8,37-39H,28H2,(H,40,41,42)(H,43,44,45)(H,46,47,48)(H,29,30,31,32). The van der Waals surface area contributed by atoms with Crippen LogP contribution in [0.15, 0.2) is 93.5 Å². The highest BCUT2D eigenvalue weighted by atomic mass is 35.5. The van der Waals surface area contributed by atoms with Crippen LogP contribution in [0.5, 0.6) is 5.75 Å². The summed E-state index contributed by atoms with van der Waals surface area (Å²) in [6.45, 7) is 0. The largest absolute Gasteiger partial charge is 0.505 e. The molecule has 1 aromatic heterocycles. The summed E-state index contributed by atoms with van der Waals surface area (Å²) in [5.74, 6) is -1.41. The van der Waals surface area contributed by atoms with E-state index in [1.165, 1.54) is 0 Å². The third kappa shape index (κ3) is 10.5. The molecule has 32 heteroatoms. The molecule has 5 rings (SSSR count). The van der Waals surface area contributed by atoms with E-state index in [0.717, 1.165) is 48.5 Å². The Balaban J connectivity index is 1.68. The Morgan fingerprint density at radius 2 is 1.32 bits per heavy atom. The van der Waals surface area contributed by atoms with Crippen LogP contribution in [0.2, 0.25) is 10.6 Å². The molecule has 0 aliphatic carbocycles. The summed E-state index contributed by atoms with van der Waals surface area (Å²) in [6.07, 6.45) is 0. The first kappa shape index (κ1) is 43.6. The summed E-state index contributed by atoms with van der Waals surface area (Å²) in [5.41, 5.74) is 3.07. The van der Waals surface area contributed by atoms with Gasteiger partial charge >= 0.3 is 0 Å². The Hall–Kier alpha value is -4.48. The van der Waals surface area contributed by atoms with E-state index < -0.39 is 78.9 Å². The molecule has 0 bridgehead atoms. The summed E-state index contributed by atoms with van der Waals surface area (Å²) < 4.78 is 112. The van der Waals surface area contributed by atoms with Crippen molar-refractivity contribution in [3.8, 4) is 5.75 Å². The number of halogens is 2. The van der Waals surface area contributed by atoms with Gasteiger partial charge in [-0.15, -0.1) is 24.0 Å². The van der Waals surface area contributed by atoms with Gasteiger partial charge in [-0.25, -0.2) is 10.5 Å². The molecule has 25 nitrogen and oxygen atoms in total. The Kier molecular flexibility index (Phi) is 13.4. The third-order valence-electron chi connectivity index (χ3n) is 6.71. The van der Waals surface area contributed by atoms with Crippen molar-refractivity contribution in [3.05, 3.63) is 59.1 Å². The van der Waals surface area contributed by atoms with E-state index in [-0.39, 0.29) is 55.1 Å². The van der Waals surface area contributed by atoms with Gasteiger partial charge in [0.05, 0.1) is 51.4 Å². The first-order valence-electron chi connectivity index (χ1n) is 14.0. The van der Waals surface area contributed by atoms with Crippen molar-refractivity contribution in [2.45, 2.75) is 24.5 Å². The second kappa shape index (κ2) is 17.6. The number of fused-ring (bicyclic) bond motifs is 1. The van der Waals surface area contributed by atoms with Crippen molar-refractivity contribution in [3.63, 3.8) is 0 Å². The SMILES string of the molecule is Nc1c(N=Nc2cc(SOOO)ccc2S(=O)(=O)O)c(SOOO)cc2cc(S(=O)(=O)O)c(N=Nc3ccc(Nc4nc(Cl)nc(Cl)n4)c(S(=O)(=O)O)c3)c(O)c12. The number of rotatable bonds is 15. The lowest BCUT2D eigenvalue weighted by Gasteiger charge is -2.14. The molecule has 1 heterocycles. The van der Waals surface area contributed by atoms with Gasteiger partial charge in [-0.05, 0) is 77.1 Å². The highest BCUT2D eigenvalue weighted by Gasteiger charge is 2.27. The molecule has 0 unspecified atom stereocenters. The van der Waals surface area contributed by atoms with Crippen LogP contribution in [-0.2, 0) is 49.1 Å². The number of phenolic OH excluding ortho intramolecular Hbond substituents is 1. The van der Waals surface area contributed by atoms with Crippen LogP contribution >= 0.6 is 47.3 Å². The molecule has 0 atom stereocenters. The lowest BCUT2D eigenvalue weighted by molar-refractivity contribution is -0.432. The average Bonchev–Trinajstić information content (AvgIpc) is 3.10. The summed E-state index contributed by atoms with van der Waals surface area (Å²) in [6, 6.07) is 7.75. The maximum Gasteiger partial charge on any atom is 0.296 e. The molecule has 302 valence electrons. The highest BCUT2D eigenvalue weighted by molar-refractivity contribution is 7.95. The van der Waals surface area contributed by atoms with E-state index in [2.05, 4.69) is 59.5 Å². The highest BCUT2D eigenvalue weighted by Crippen LogP contribution is 2.50. The second-order valence-corrected chi connectivity index (χ2v) is 16.6. The first-order chi connectivity index (χ1) is 26.7. The molecule has 0 saturated carbocycles. The molecule has 9 N–H and O–H groups in total. The number of azo groups is 2. The molecule has 0 amide bonds.